The van der Waals surface area contributed by atoms with Gasteiger partial charge in [-0.1, -0.05) is 24.6 Å². The van der Waals surface area contributed by atoms with Crippen LogP contribution >= 0.6 is 0 Å². The lowest BCUT2D eigenvalue weighted by Crippen LogP contribution is -2.50. The number of carbonyl (C=O) groups excluding carboxylic acids is 3. The molecule has 4 heterocycles. The highest BCUT2D eigenvalue weighted by Crippen LogP contribution is 2.34. The third-order valence-electron chi connectivity index (χ3n) is 9.83. The summed E-state index contributed by atoms with van der Waals surface area (Å²) in [7, 11) is -1.97. The fraction of sp³-hybridized carbons (Fsp3) is 0.515. The minimum atomic E-state index is -3.57. The molecule has 3 saturated heterocycles. The van der Waals surface area contributed by atoms with E-state index in [1.54, 1.807) is 53.8 Å². The number of rotatable bonds is 6. The van der Waals surface area contributed by atoms with Crippen LogP contribution in [0.4, 0.5) is 14.9 Å². The van der Waals surface area contributed by atoms with E-state index in [0.717, 1.165) is 19.3 Å². The van der Waals surface area contributed by atoms with Gasteiger partial charge in [-0.25, -0.2) is 22.4 Å². The molecule has 1 unspecified atom stereocenters. The van der Waals surface area contributed by atoms with Crippen molar-refractivity contribution in [3.63, 3.8) is 0 Å². The van der Waals surface area contributed by atoms with Crippen molar-refractivity contribution in [1.29, 1.82) is 0 Å². The monoisotopic (exact) mass is 668 g/mol. The molecule has 0 bridgehead atoms. The van der Waals surface area contributed by atoms with E-state index in [0.29, 0.717) is 47.4 Å². The smallest absolute Gasteiger partial charge is 0.322 e. The van der Waals surface area contributed by atoms with E-state index in [-0.39, 0.29) is 31.0 Å². The molecule has 1 aromatic heterocycles. The number of piperidine rings is 3. The zero-order valence-electron chi connectivity index (χ0n) is 26.9. The molecule has 6 rings (SSSR count). The number of halogens is 1. The summed E-state index contributed by atoms with van der Waals surface area (Å²) in [4.78, 5) is 51.8. The van der Waals surface area contributed by atoms with Crippen molar-refractivity contribution in [2.75, 3.05) is 25.0 Å². The normalized spacial score (nSPS) is 23.9. The molecule has 252 valence electrons. The van der Waals surface area contributed by atoms with Crippen LogP contribution in [0.25, 0.3) is 11.0 Å². The number of likely N-dealkylation sites (tertiary alicyclic amines) is 1. The summed E-state index contributed by atoms with van der Waals surface area (Å²) in [6, 6.07) is 10.7. The zero-order valence-corrected chi connectivity index (χ0v) is 27.7. The van der Waals surface area contributed by atoms with Crippen molar-refractivity contribution in [1.82, 2.24) is 23.7 Å². The first-order chi connectivity index (χ1) is 22.2. The Kier molecular flexibility index (Phi) is 8.77. The first-order valence-corrected chi connectivity index (χ1v) is 17.7. The maximum Gasteiger partial charge on any atom is 0.329 e. The number of sulfonamides is 1. The standard InChI is InChI=1S/C33H41FN6O6S/c1-33(2)14-4-5-15-39(33)47(45,46)20-21-7-6-8-23(17-21)35-31(43)38-16-13-24(25(34)19-38)22-9-10-26-28(18-22)37(3)32(44)40(26)27-11-12-29(41)36-30(27)42/h6-10,17-18,24-25,27H,4-5,11-16,19-20H2,1-3H3,(H,35,43)(H,36,41,42)/t24-,25+,27?/m1/s1. The van der Waals surface area contributed by atoms with E-state index in [1.165, 1.54) is 14.0 Å². The van der Waals surface area contributed by atoms with Gasteiger partial charge < -0.3 is 10.2 Å². The van der Waals surface area contributed by atoms with E-state index in [2.05, 4.69) is 10.6 Å². The van der Waals surface area contributed by atoms with Gasteiger partial charge in [0.15, 0.2) is 0 Å². The van der Waals surface area contributed by atoms with Crippen LogP contribution in [-0.2, 0) is 32.4 Å². The maximum atomic E-state index is 15.7. The summed E-state index contributed by atoms with van der Waals surface area (Å²) in [5.41, 5.74) is 1.92. The molecule has 3 aliphatic heterocycles. The Morgan fingerprint density at radius 3 is 2.55 bits per heavy atom. The van der Waals surface area contributed by atoms with Gasteiger partial charge in [0.2, 0.25) is 21.8 Å². The number of nitrogens with one attached hydrogen (secondary N) is 2. The van der Waals surface area contributed by atoms with Gasteiger partial charge in [-0.15, -0.1) is 0 Å². The predicted molar refractivity (Wildman–Crippen MR) is 175 cm³/mol. The van der Waals surface area contributed by atoms with Crippen LogP contribution < -0.4 is 16.3 Å². The lowest BCUT2D eigenvalue weighted by atomic mass is 9.87. The minimum absolute atomic E-state index is 0.136. The van der Waals surface area contributed by atoms with Gasteiger partial charge in [0.25, 0.3) is 0 Å². The van der Waals surface area contributed by atoms with Crippen molar-refractivity contribution < 1.29 is 27.2 Å². The number of amides is 4. The lowest BCUT2D eigenvalue weighted by molar-refractivity contribution is -0.135. The first kappa shape index (κ1) is 32.9. The topological polar surface area (TPSA) is 143 Å². The molecule has 3 aromatic rings. The number of imide groups is 1. The molecule has 3 atom stereocenters. The van der Waals surface area contributed by atoms with Gasteiger partial charge in [0.05, 0.1) is 23.3 Å². The van der Waals surface area contributed by atoms with E-state index >= 15 is 4.39 Å². The van der Waals surface area contributed by atoms with Gasteiger partial charge in [0.1, 0.15) is 12.2 Å². The molecule has 14 heteroatoms. The second-order valence-corrected chi connectivity index (χ2v) is 15.4. The third kappa shape index (κ3) is 6.45. The molecule has 0 radical (unpaired) electrons. The third-order valence-corrected chi connectivity index (χ3v) is 11.9. The average molecular weight is 669 g/mol. The molecule has 12 nitrogen and oxygen atoms in total. The fourth-order valence-corrected chi connectivity index (χ4v) is 9.30. The molecule has 4 amide bonds. The molecule has 2 aromatic carbocycles. The highest BCUT2D eigenvalue weighted by Gasteiger charge is 2.38. The van der Waals surface area contributed by atoms with Crippen LogP contribution in [0.5, 0.6) is 0 Å². The number of imidazole rings is 1. The number of benzene rings is 2. The number of hydrogen-bond acceptors (Lipinski definition) is 6. The summed E-state index contributed by atoms with van der Waals surface area (Å²) < 4.78 is 46.7. The number of fused-ring (bicyclic) bond motifs is 1. The summed E-state index contributed by atoms with van der Waals surface area (Å²) >= 11 is 0. The van der Waals surface area contributed by atoms with Crippen LogP contribution in [0.1, 0.15) is 75.5 Å². The highest BCUT2D eigenvalue weighted by atomic mass is 32.2. The Bertz CT molecular complexity index is 1900. The Labute approximate surface area is 272 Å². The van der Waals surface area contributed by atoms with Crippen molar-refractivity contribution in [2.45, 2.75) is 81.8 Å². The number of hydrogen-bond donors (Lipinski definition) is 2. The molecule has 0 spiro atoms. The van der Waals surface area contributed by atoms with Crippen LogP contribution in [-0.4, -0.2) is 75.9 Å². The van der Waals surface area contributed by atoms with Gasteiger partial charge in [-0.3, -0.25) is 24.0 Å². The number of aromatic nitrogens is 2. The van der Waals surface area contributed by atoms with E-state index in [1.807, 2.05) is 13.8 Å². The number of alkyl halides is 1. The molecule has 3 aliphatic rings. The van der Waals surface area contributed by atoms with Crippen molar-refractivity contribution >= 4 is 44.6 Å². The SMILES string of the molecule is Cn1c(=O)n(C2CCC(=O)NC2=O)c2ccc([C@H]3CCN(C(=O)Nc4cccc(CS(=O)(=O)N5CCCCC5(C)C)c4)C[C@@H]3F)cc21. The Morgan fingerprint density at radius 1 is 1.04 bits per heavy atom. The fourth-order valence-electron chi connectivity index (χ4n) is 7.29. The summed E-state index contributed by atoms with van der Waals surface area (Å²) in [6.07, 6.45) is 1.97. The number of nitrogens with zero attached hydrogens (tertiary/aromatic N) is 4. The zero-order chi connectivity index (χ0) is 33.7. The van der Waals surface area contributed by atoms with E-state index in [4.69, 9.17) is 0 Å². The van der Waals surface area contributed by atoms with Crippen molar-refractivity contribution in [3.05, 3.63) is 64.1 Å². The molecular weight excluding hydrogens is 627 g/mol. The number of urea groups is 1. The van der Waals surface area contributed by atoms with Gasteiger partial charge in [-0.05, 0) is 74.9 Å². The molecule has 0 aliphatic carbocycles. The van der Waals surface area contributed by atoms with E-state index in [9.17, 15) is 27.6 Å². The highest BCUT2D eigenvalue weighted by molar-refractivity contribution is 7.88. The Balaban J connectivity index is 1.12. The molecule has 2 N–H and O–H groups in total. The number of anilines is 1. The van der Waals surface area contributed by atoms with Gasteiger partial charge in [-0.2, -0.15) is 4.31 Å². The quantitative estimate of drug-likeness (QED) is 0.383. The summed E-state index contributed by atoms with van der Waals surface area (Å²) in [5, 5.41) is 5.10. The van der Waals surface area contributed by atoms with Gasteiger partial charge in [0, 0.05) is 43.7 Å². The van der Waals surface area contributed by atoms with Crippen LogP contribution in [0.3, 0.4) is 0 Å². The second kappa shape index (κ2) is 12.5. The summed E-state index contributed by atoms with van der Waals surface area (Å²) in [6.45, 7) is 4.55. The first-order valence-electron chi connectivity index (χ1n) is 16.1. The van der Waals surface area contributed by atoms with Crippen molar-refractivity contribution in [3.8, 4) is 0 Å². The largest absolute Gasteiger partial charge is 0.329 e. The minimum Gasteiger partial charge on any atom is -0.322 e. The number of aryl methyl sites for hydroxylation is 1. The molecule has 3 fully saturated rings. The second-order valence-electron chi connectivity index (χ2n) is 13.5. The van der Waals surface area contributed by atoms with Crippen LogP contribution in [0.15, 0.2) is 47.3 Å². The predicted octanol–water partition coefficient (Wildman–Crippen LogP) is 3.77. The van der Waals surface area contributed by atoms with Crippen LogP contribution in [0.2, 0.25) is 0 Å². The molecule has 47 heavy (non-hydrogen) atoms. The lowest BCUT2D eigenvalue weighted by Gasteiger charge is -2.41. The molecular formula is C33H41FN6O6S. The van der Waals surface area contributed by atoms with Crippen LogP contribution in [0, 0.1) is 0 Å². The Hall–Kier alpha value is -4.04. The maximum absolute atomic E-state index is 15.7. The average Bonchev–Trinajstić information content (AvgIpc) is 3.25. The van der Waals surface area contributed by atoms with Gasteiger partial charge >= 0.3 is 11.7 Å². The summed E-state index contributed by atoms with van der Waals surface area (Å²) in [5.74, 6) is -1.57. The molecule has 0 saturated carbocycles. The van der Waals surface area contributed by atoms with Crippen molar-refractivity contribution in [2.24, 2.45) is 7.05 Å². The van der Waals surface area contributed by atoms with E-state index < -0.39 is 51.3 Å². The Morgan fingerprint density at radius 2 is 1.83 bits per heavy atom. The number of carbonyl (C=O) groups is 3.